The molecule has 0 amide bonds. The molecule has 0 aliphatic carbocycles. The highest BCUT2D eigenvalue weighted by molar-refractivity contribution is 5.02. The van der Waals surface area contributed by atoms with Crippen molar-refractivity contribution in [2.75, 3.05) is 7.05 Å². The molecule has 72 valence electrons. The Balaban J connectivity index is 3.03. The van der Waals surface area contributed by atoms with E-state index in [-0.39, 0.29) is 11.2 Å². The number of nitrogens with zero attached hydrogens (tertiary/aromatic N) is 2. The van der Waals surface area contributed by atoms with Crippen molar-refractivity contribution in [2.45, 2.75) is 51.9 Å². The smallest absolute Gasteiger partial charge is 0.0925 e. The average molecular weight is 172 g/mol. The van der Waals surface area contributed by atoms with Gasteiger partial charge in [-0.05, 0) is 41.7 Å². The minimum Gasteiger partial charge on any atom is -0.312 e. The molecular formula is C9H20N2O. The third-order valence-corrected chi connectivity index (χ3v) is 3.53. The Kier molecular flexibility index (Phi) is 2.02. The van der Waals surface area contributed by atoms with Crippen LogP contribution >= 0.6 is 0 Å². The van der Waals surface area contributed by atoms with Crippen molar-refractivity contribution in [3.05, 3.63) is 0 Å². The second-order valence-corrected chi connectivity index (χ2v) is 4.75. The monoisotopic (exact) mass is 172 g/mol. The molecule has 12 heavy (non-hydrogen) atoms. The molecule has 0 aromatic carbocycles. The van der Waals surface area contributed by atoms with Crippen molar-refractivity contribution >= 4 is 0 Å². The maximum absolute atomic E-state index is 9.92. The van der Waals surface area contributed by atoms with Gasteiger partial charge in [-0.3, -0.25) is 4.90 Å². The second-order valence-electron chi connectivity index (χ2n) is 4.75. The molecule has 3 nitrogen and oxygen atoms in total. The predicted octanol–water partition coefficient (Wildman–Crippen LogP) is 1.53. The van der Waals surface area contributed by atoms with E-state index in [0.717, 1.165) is 0 Å². The molecule has 0 spiro atoms. The van der Waals surface area contributed by atoms with Gasteiger partial charge in [0.25, 0.3) is 0 Å². The van der Waals surface area contributed by atoms with E-state index in [4.69, 9.17) is 0 Å². The van der Waals surface area contributed by atoms with Crippen molar-refractivity contribution < 1.29 is 5.21 Å². The summed E-state index contributed by atoms with van der Waals surface area (Å²) < 4.78 is 0. The molecular weight excluding hydrogens is 152 g/mol. The van der Waals surface area contributed by atoms with Gasteiger partial charge >= 0.3 is 0 Å². The van der Waals surface area contributed by atoms with E-state index >= 15 is 0 Å². The zero-order valence-electron chi connectivity index (χ0n) is 8.92. The Morgan fingerprint density at radius 1 is 1.17 bits per heavy atom. The molecule has 0 bridgehead atoms. The Labute approximate surface area is 74.9 Å². The van der Waals surface area contributed by atoms with Crippen LogP contribution in [-0.2, 0) is 0 Å². The highest BCUT2D eigenvalue weighted by Gasteiger charge is 2.52. The largest absolute Gasteiger partial charge is 0.312 e. The van der Waals surface area contributed by atoms with E-state index in [2.05, 4.69) is 25.7 Å². The van der Waals surface area contributed by atoms with Crippen LogP contribution in [0.2, 0.25) is 0 Å². The summed E-state index contributed by atoms with van der Waals surface area (Å²) in [4.78, 5) is 2.19. The standard InChI is InChI=1S/C9H20N2O/c1-7-8(2,3)11(12)9(4,5)10(7)6/h7,12H,1-6H3. The topological polar surface area (TPSA) is 26.7 Å². The average Bonchev–Trinajstić information content (AvgIpc) is 2.06. The lowest BCUT2D eigenvalue weighted by atomic mass is 9.98. The van der Waals surface area contributed by atoms with Gasteiger partial charge in [-0.2, -0.15) is 5.06 Å². The van der Waals surface area contributed by atoms with Crippen molar-refractivity contribution in [2.24, 2.45) is 0 Å². The highest BCUT2D eigenvalue weighted by Crippen LogP contribution is 2.38. The lowest BCUT2D eigenvalue weighted by Crippen LogP contribution is -2.49. The summed E-state index contributed by atoms with van der Waals surface area (Å²) in [5, 5.41) is 11.4. The van der Waals surface area contributed by atoms with Crippen LogP contribution in [0.5, 0.6) is 0 Å². The van der Waals surface area contributed by atoms with E-state index in [9.17, 15) is 5.21 Å². The van der Waals surface area contributed by atoms with Crippen molar-refractivity contribution in [3.63, 3.8) is 0 Å². The van der Waals surface area contributed by atoms with Crippen LogP contribution < -0.4 is 0 Å². The molecule has 1 fully saturated rings. The fourth-order valence-corrected chi connectivity index (χ4v) is 1.98. The Bertz CT molecular complexity index is 169. The van der Waals surface area contributed by atoms with Crippen LogP contribution in [0, 0.1) is 0 Å². The summed E-state index contributed by atoms with van der Waals surface area (Å²) in [5.74, 6) is 0. The van der Waals surface area contributed by atoms with Crippen LogP contribution in [0.15, 0.2) is 0 Å². The van der Waals surface area contributed by atoms with Gasteiger partial charge in [0, 0.05) is 6.04 Å². The molecule has 1 saturated heterocycles. The summed E-state index contributed by atoms with van der Waals surface area (Å²) >= 11 is 0. The molecule has 1 unspecified atom stereocenters. The lowest BCUT2D eigenvalue weighted by molar-refractivity contribution is -0.208. The molecule has 0 aromatic heterocycles. The first-order valence-electron chi connectivity index (χ1n) is 4.44. The van der Waals surface area contributed by atoms with E-state index in [0.29, 0.717) is 6.04 Å². The number of hydrogen-bond acceptors (Lipinski definition) is 3. The first kappa shape index (κ1) is 9.96. The third-order valence-electron chi connectivity index (χ3n) is 3.53. The molecule has 1 aliphatic rings. The van der Waals surface area contributed by atoms with E-state index in [1.165, 1.54) is 5.06 Å². The van der Waals surface area contributed by atoms with Gasteiger partial charge in [-0.1, -0.05) is 0 Å². The zero-order chi connectivity index (χ0) is 9.73. The van der Waals surface area contributed by atoms with Gasteiger partial charge in [-0.25, -0.2) is 0 Å². The Hall–Kier alpha value is -0.120. The molecule has 0 radical (unpaired) electrons. The predicted molar refractivity (Wildman–Crippen MR) is 49.0 cm³/mol. The SMILES string of the molecule is CC1N(C)C(C)(C)N(O)C1(C)C. The Morgan fingerprint density at radius 2 is 1.58 bits per heavy atom. The molecule has 1 rings (SSSR count). The Morgan fingerprint density at radius 3 is 1.67 bits per heavy atom. The number of hydroxylamine groups is 2. The van der Waals surface area contributed by atoms with E-state index in [1.807, 2.05) is 20.9 Å². The minimum absolute atomic E-state index is 0.168. The summed E-state index contributed by atoms with van der Waals surface area (Å²) in [7, 11) is 2.04. The van der Waals surface area contributed by atoms with Gasteiger partial charge in [0.05, 0.1) is 11.2 Å². The van der Waals surface area contributed by atoms with Gasteiger partial charge in [0.2, 0.25) is 0 Å². The fourth-order valence-electron chi connectivity index (χ4n) is 1.98. The van der Waals surface area contributed by atoms with Gasteiger partial charge in [0.1, 0.15) is 0 Å². The minimum atomic E-state index is -0.261. The fraction of sp³-hybridized carbons (Fsp3) is 1.00. The van der Waals surface area contributed by atoms with Crippen LogP contribution in [0.4, 0.5) is 0 Å². The van der Waals surface area contributed by atoms with Crippen molar-refractivity contribution in [3.8, 4) is 0 Å². The summed E-state index contributed by atoms with van der Waals surface area (Å²) in [6, 6.07) is 0.359. The number of hydrogen-bond donors (Lipinski definition) is 1. The van der Waals surface area contributed by atoms with Crippen LogP contribution in [-0.4, -0.2) is 39.5 Å². The number of rotatable bonds is 0. The van der Waals surface area contributed by atoms with Crippen molar-refractivity contribution in [1.82, 2.24) is 9.96 Å². The molecule has 1 atom stereocenters. The quantitative estimate of drug-likeness (QED) is 0.600. The zero-order valence-corrected chi connectivity index (χ0v) is 8.92. The normalized spacial score (nSPS) is 35.8. The first-order chi connectivity index (χ1) is 5.22. The molecule has 1 aliphatic heterocycles. The van der Waals surface area contributed by atoms with Crippen LogP contribution in [0.3, 0.4) is 0 Å². The second kappa shape index (κ2) is 2.44. The maximum Gasteiger partial charge on any atom is 0.0925 e. The van der Waals surface area contributed by atoms with Gasteiger partial charge in [0.15, 0.2) is 0 Å². The van der Waals surface area contributed by atoms with Gasteiger partial charge in [-0.15, -0.1) is 0 Å². The van der Waals surface area contributed by atoms with Gasteiger partial charge < -0.3 is 5.21 Å². The summed E-state index contributed by atoms with van der Waals surface area (Å²) in [6.07, 6.45) is 0. The third kappa shape index (κ3) is 1.00. The lowest BCUT2D eigenvalue weighted by Gasteiger charge is -2.35. The van der Waals surface area contributed by atoms with E-state index < -0.39 is 0 Å². The summed E-state index contributed by atoms with van der Waals surface area (Å²) in [5.41, 5.74) is -0.429. The van der Waals surface area contributed by atoms with E-state index in [1.54, 1.807) is 0 Å². The molecule has 1 heterocycles. The van der Waals surface area contributed by atoms with Crippen LogP contribution in [0.25, 0.3) is 0 Å². The number of likely N-dealkylation sites (N-methyl/N-ethyl adjacent to an activating group) is 1. The first-order valence-corrected chi connectivity index (χ1v) is 4.44. The molecule has 1 N–H and O–H groups in total. The molecule has 0 aromatic rings. The van der Waals surface area contributed by atoms with Crippen LogP contribution in [0.1, 0.15) is 34.6 Å². The van der Waals surface area contributed by atoms with Crippen molar-refractivity contribution in [1.29, 1.82) is 0 Å². The molecule has 3 heteroatoms. The highest BCUT2D eigenvalue weighted by atomic mass is 16.5. The summed E-state index contributed by atoms with van der Waals surface area (Å²) in [6.45, 7) is 10.3. The molecule has 0 saturated carbocycles. The maximum atomic E-state index is 9.92.